The van der Waals surface area contributed by atoms with Gasteiger partial charge in [0.2, 0.25) is 65.0 Å². The topological polar surface area (TPSA) is 279 Å². The van der Waals surface area contributed by atoms with Crippen LogP contribution in [0.2, 0.25) is 0 Å². The van der Waals surface area contributed by atoms with Crippen molar-refractivity contribution in [2.75, 3.05) is 55.9 Å². The minimum Gasteiger partial charge on any atom is -0.390 e. The monoisotopic (exact) mass is 1210 g/mol. The lowest BCUT2D eigenvalue weighted by Crippen LogP contribution is -2.63. The highest BCUT2D eigenvalue weighted by atomic mass is 16.3. The zero-order valence-electron chi connectivity index (χ0n) is 56.3. The minimum atomic E-state index is -1.64. The third-order valence-electron chi connectivity index (χ3n) is 16.1. The summed E-state index contributed by atoms with van der Waals surface area (Å²) in [4.78, 5) is 169. The van der Waals surface area contributed by atoms with E-state index < -0.39 is 156 Å². The average molecular weight is 1210 g/mol. The molecule has 5 N–H and O–H groups in total. The second-order valence-electron chi connectivity index (χ2n) is 26.2. The van der Waals surface area contributed by atoms with Crippen molar-refractivity contribution in [2.24, 2.45) is 41.4 Å². The van der Waals surface area contributed by atoms with Gasteiger partial charge in [-0.25, -0.2) is 0 Å². The number of aliphatic hydroxyl groups is 1. The molecule has 1 aliphatic rings. The summed E-state index contributed by atoms with van der Waals surface area (Å²) in [5.74, 6) is -9.86. The molecule has 0 saturated carbocycles. The molecule has 0 aliphatic carbocycles. The first kappa shape index (κ1) is 77.6. The van der Waals surface area contributed by atoms with Gasteiger partial charge in [-0.15, -0.1) is 0 Å². The first-order valence-corrected chi connectivity index (χ1v) is 30.7. The van der Waals surface area contributed by atoms with E-state index in [9.17, 15) is 48.3 Å². The highest BCUT2D eigenvalue weighted by Gasteiger charge is 2.45. The van der Waals surface area contributed by atoms with E-state index in [-0.39, 0.29) is 62.2 Å². The van der Waals surface area contributed by atoms with E-state index in [1.807, 2.05) is 55.4 Å². The summed E-state index contributed by atoms with van der Waals surface area (Å²) in [6, 6.07) is -12.4. The third kappa shape index (κ3) is 21.8. The zero-order chi connectivity index (χ0) is 66.7. The largest absolute Gasteiger partial charge is 0.390 e. The van der Waals surface area contributed by atoms with Gasteiger partial charge in [-0.1, -0.05) is 122 Å². The van der Waals surface area contributed by atoms with Crippen LogP contribution in [-0.4, -0.2) is 227 Å². The first-order chi connectivity index (χ1) is 39.7. The zero-order valence-corrected chi connectivity index (χ0v) is 56.3. The van der Waals surface area contributed by atoms with Crippen LogP contribution in [0, 0.1) is 41.4 Å². The van der Waals surface area contributed by atoms with Gasteiger partial charge in [-0.05, 0) is 93.8 Å². The second kappa shape index (κ2) is 35.4. The van der Waals surface area contributed by atoms with E-state index in [1.165, 1.54) is 87.7 Å². The fourth-order valence-corrected chi connectivity index (χ4v) is 10.7. The molecular formula is C63H111N11O12. The maximum absolute atomic E-state index is 15.2. The number of hydrogen-bond donors (Lipinski definition) is 5. The lowest BCUT2D eigenvalue weighted by Gasteiger charge is -2.41. The number of nitrogens with zero attached hydrogens (tertiary/aromatic N) is 7. The molecule has 11 amide bonds. The van der Waals surface area contributed by atoms with Gasteiger partial charge in [0, 0.05) is 49.3 Å². The lowest BCUT2D eigenvalue weighted by atomic mass is 9.91. The summed E-state index contributed by atoms with van der Waals surface area (Å²) < 4.78 is 0. The van der Waals surface area contributed by atoms with Crippen LogP contribution in [0.5, 0.6) is 0 Å². The molecule has 3 unspecified atom stereocenters. The number of nitrogens with one attached hydrogen (secondary N) is 4. The number of allylic oxidation sites excluding steroid dienone is 3. The molecule has 0 radical (unpaired) electrons. The Hall–Kier alpha value is -6.39. The highest BCUT2D eigenvalue weighted by Crippen LogP contribution is 2.26. The van der Waals surface area contributed by atoms with E-state index in [4.69, 9.17) is 0 Å². The van der Waals surface area contributed by atoms with Gasteiger partial charge in [-0.2, -0.15) is 0 Å². The Balaban J connectivity index is 4.34. The van der Waals surface area contributed by atoms with Crippen LogP contribution in [0.25, 0.3) is 0 Å². The van der Waals surface area contributed by atoms with E-state index >= 15 is 9.59 Å². The van der Waals surface area contributed by atoms with E-state index in [0.717, 1.165) is 9.80 Å². The molecule has 490 valence electrons. The molecule has 0 aromatic heterocycles. The molecule has 23 nitrogen and oxygen atoms in total. The number of likely N-dealkylation sites (N-methyl/N-ethyl adjacent to an activating group) is 7. The standard InChI is InChI=1S/C63H111N11O12/c1-25-27-28-29-41(15)53(76)52-57(80)66-44(26-2)59(82)68(18)34-49(75)69(19)45(30-35(3)4)56(79)67-50(39(11)12)62(85)70(20)46(31-36(5)6)55(78)64-42(16)54(77)65-43(17)58(81)71(21)47(32-37(7)8)60(83)72(22)48(33-38(9)10)61(84)73(23)51(40(13)14)63(86)74(52)24/h25,27-28,35-48,50-53,76H,1,26,29-34H2,2-24H3,(H,64,78)(H,65,77)(H,66,80)(H,67,79)/b28-27+/t41-,42+,43-,44+,45+,46+,47?,48+,50?,51?,52+,53-/m1/s1. The van der Waals surface area contributed by atoms with Gasteiger partial charge in [0.15, 0.2) is 0 Å². The number of aliphatic hydroxyl groups excluding tert-OH is 1. The van der Waals surface area contributed by atoms with E-state index in [0.29, 0.717) is 0 Å². The molecule has 1 fully saturated rings. The molecule has 1 aliphatic heterocycles. The van der Waals surface area contributed by atoms with Crippen molar-refractivity contribution < 1.29 is 57.8 Å². The Bertz CT molecular complexity index is 2380. The smallest absolute Gasteiger partial charge is 0.246 e. The Morgan fingerprint density at radius 3 is 1.35 bits per heavy atom. The van der Waals surface area contributed by atoms with Crippen molar-refractivity contribution >= 4 is 65.0 Å². The second-order valence-corrected chi connectivity index (χ2v) is 26.2. The van der Waals surface area contributed by atoms with Crippen LogP contribution in [0.15, 0.2) is 24.8 Å². The summed E-state index contributed by atoms with van der Waals surface area (Å²) in [5, 5.41) is 23.1. The molecule has 1 heterocycles. The van der Waals surface area contributed by atoms with Crippen molar-refractivity contribution in [3.05, 3.63) is 24.8 Å². The summed E-state index contributed by atoms with van der Waals surface area (Å²) in [6.07, 6.45) is 4.30. The number of rotatable bonds is 16. The van der Waals surface area contributed by atoms with Crippen LogP contribution in [0.4, 0.5) is 0 Å². The van der Waals surface area contributed by atoms with Crippen LogP contribution < -0.4 is 21.3 Å². The van der Waals surface area contributed by atoms with Crippen LogP contribution in [-0.2, 0) is 52.7 Å². The van der Waals surface area contributed by atoms with Crippen molar-refractivity contribution in [1.29, 1.82) is 0 Å². The van der Waals surface area contributed by atoms with Crippen LogP contribution >= 0.6 is 0 Å². The Morgan fingerprint density at radius 2 is 0.895 bits per heavy atom. The van der Waals surface area contributed by atoms with E-state index in [2.05, 4.69) is 27.8 Å². The van der Waals surface area contributed by atoms with Crippen molar-refractivity contribution in [2.45, 2.75) is 216 Å². The fraction of sp³-hybridized carbons (Fsp3) is 0.762. The molecule has 0 aromatic rings. The van der Waals surface area contributed by atoms with Crippen molar-refractivity contribution in [3.63, 3.8) is 0 Å². The Labute approximate surface area is 514 Å². The van der Waals surface area contributed by atoms with Crippen molar-refractivity contribution in [1.82, 2.24) is 55.6 Å². The Kier molecular flexibility index (Phi) is 32.0. The minimum absolute atomic E-state index is 0.0125. The summed E-state index contributed by atoms with van der Waals surface area (Å²) in [6.45, 7) is 31.2. The first-order valence-electron chi connectivity index (χ1n) is 30.7. The maximum atomic E-state index is 15.2. The fourth-order valence-electron chi connectivity index (χ4n) is 10.7. The molecule has 0 aromatic carbocycles. The molecule has 0 spiro atoms. The molecule has 0 bridgehead atoms. The summed E-state index contributed by atoms with van der Waals surface area (Å²) >= 11 is 0. The Morgan fingerprint density at radius 1 is 0.477 bits per heavy atom. The van der Waals surface area contributed by atoms with Crippen molar-refractivity contribution in [3.8, 4) is 0 Å². The van der Waals surface area contributed by atoms with Gasteiger partial charge in [0.25, 0.3) is 0 Å². The molecule has 23 heteroatoms. The molecule has 12 atom stereocenters. The predicted molar refractivity (Wildman–Crippen MR) is 333 cm³/mol. The van der Waals surface area contributed by atoms with Gasteiger partial charge in [-0.3, -0.25) is 52.7 Å². The quantitative estimate of drug-likeness (QED) is 0.139. The van der Waals surface area contributed by atoms with E-state index in [1.54, 1.807) is 59.8 Å². The molecule has 1 saturated heterocycles. The number of carbonyl (C=O) groups is 11. The molecular weight excluding hydrogens is 1100 g/mol. The van der Waals surface area contributed by atoms with Crippen LogP contribution in [0.1, 0.15) is 149 Å². The number of amides is 11. The third-order valence-corrected chi connectivity index (χ3v) is 16.1. The normalized spacial score (nSPS) is 26.7. The molecule has 86 heavy (non-hydrogen) atoms. The van der Waals surface area contributed by atoms with Gasteiger partial charge in [0.05, 0.1) is 12.6 Å². The predicted octanol–water partition coefficient (Wildman–Crippen LogP) is 3.44. The molecule has 1 rings (SSSR count). The number of hydrogen-bond acceptors (Lipinski definition) is 12. The SMILES string of the molecule is C=C/C=C/C[C@@H](C)[C@@H](O)[C@H]1C(=O)N[C@@H](CC)C(=O)N(C)CC(=O)N(C)[C@@H](CC(C)C)C(=O)NC(C(C)C)C(=O)N(C)[C@@H](CC(C)C)C(=O)N[C@@H](C)C(=O)N[C@H](C)C(=O)N(C)C(CC(C)C)C(=O)N(C)[C@@H](CC(C)C)C(=O)N(C)C(C(C)C)C(=O)N1C. The van der Waals surface area contributed by atoms with Gasteiger partial charge < -0.3 is 60.7 Å². The summed E-state index contributed by atoms with van der Waals surface area (Å²) in [7, 11) is 9.88. The average Bonchev–Trinajstić information content (AvgIpc) is 3.63. The number of carbonyl (C=O) groups excluding carboxylic acids is 11. The van der Waals surface area contributed by atoms with Gasteiger partial charge in [0.1, 0.15) is 60.4 Å². The maximum Gasteiger partial charge on any atom is 0.246 e. The van der Waals surface area contributed by atoms with Crippen LogP contribution in [0.3, 0.4) is 0 Å². The highest BCUT2D eigenvalue weighted by molar-refractivity contribution is 5.99. The van der Waals surface area contributed by atoms with Gasteiger partial charge >= 0.3 is 0 Å². The lowest BCUT2D eigenvalue weighted by molar-refractivity contribution is -0.157. The summed E-state index contributed by atoms with van der Waals surface area (Å²) in [5.41, 5.74) is 0.